The van der Waals surface area contributed by atoms with Gasteiger partial charge in [-0.3, -0.25) is 9.78 Å². The lowest BCUT2D eigenvalue weighted by molar-refractivity contribution is 0.1000. The number of fused-ring (bicyclic) bond motifs is 3. The number of pyridine rings is 1. The van der Waals surface area contributed by atoms with Crippen LogP contribution in [0.4, 0.5) is 0 Å². The lowest BCUT2D eigenvalue weighted by Crippen LogP contribution is -2.11. The zero-order valence-corrected chi connectivity index (χ0v) is 15.1. The number of nitrogens with two attached hydrogens (primary N) is 1. The molecule has 0 bridgehead atoms. The second-order valence-electron chi connectivity index (χ2n) is 6.15. The van der Waals surface area contributed by atoms with Crippen LogP contribution in [0.5, 0.6) is 5.75 Å². The zero-order chi connectivity index (χ0) is 18.8. The molecule has 0 aliphatic rings. The smallest absolute Gasteiger partial charge is 0.248 e. The van der Waals surface area contributed by atoms with Crippen molar-refractivity contribution in [3.05, 3.63) is 53.8 Å². The molecule has 0 spiro atoms. The highest BCUT2D eigenvalue weighted by atomic mass is 16.5. The fourth-order valence-corrected chi connectivity index (χ4v) is 2.96. The third kappa shape index (κ3) is 3.13. The van der Waals surface area contributed by atoms with E-state index in [1.54, 1.807) is 25.4 Å². The summed E-state index contributed by atoms with van der Waals surface area (Å²) in [7, 11) is 1.56. The molecule has 0 fully saturated rings. The second kappa shape index (κ2) is 6.92. The van der Waals surface area contributed by atoms with Crippen molar-refractivity contribution in [2.75, 3.05) is 13.7 Å². The first kappa shape index (κ1) is 17.5. The summed E-state index contributed by atoms with van der Waals surface area (Å²) in [6, 6.07) is 5.38. The number of hydrogen-bond donors (Lipinski definition) is 3. The fraction of sp³-hybridized carbons (Fsp3) is 0.200. The van der Waals surface area contributed by atoms with E-state index in [4.69, 9.17) is 10.5 Å². The SMILES string of the molecule is C=C(C)/C=C(\NCC)c1cnc2c(c1)[nH]c1c(OC)cc(C(N)=O)cc12. The largest absolute Gasteiger partial charge is 0.495 e. The lowest BCUT2D eigenvalue weighted by atomic mass is 10.1. The molecule has 6 nitrogen and oxygen atoms in total. The normalized spacial score (nSPS) is 11.7. The highest BCUT2D eigenvalue weighted by Gasteiger charge is 2.15. The summed E-state index contributed by atoms with van der Waals surface area (Å²) in [6.07, 6.45) is 3.79. The minimum Gasteiger partial charge on any atom is -0.495 e. The van der Waals surface area contributed by atoms with Crippen LogP contribution in [0.15, 0.2) is 42.6 Å². The Morgan fingerprint density at radius 2 is 2.15 bits per heavy atom. The Labute approximate surface area is 151 Å². The van der Waals surface area contributed by atoms with E-state index in [2.05, 4.69) is 21.9 Å². The molecule has 134 valence electrons. The van der Waals surface area contributed by atoms with Gasteiger partial charge in [-0.1, -0.05) is 12.2 Å². The maximum atomic E-state index is 11.6. The molecule has 0 atom stereocenters. The number of rotatable bonds is 6. The van der Waals surface area contributed by atoms with Gasteiger partial charge in [0, 0.05) is 35.0 Å². The molecule has 0 saturated carbocycles. The topological polar surface area (TPSA) is 93.0 Å². The van der Waals surface area contributed by atoms with Gasteiger partial charge in [0.05, 0.1) is 23.7 Å². The molecular weight excluding hydrogens is 328 g/mol. The Balaban J connectivity index is 2.24. The highest BCUT2D eigenvalue weighted by molar-refractivity contribution is 6.10. The Morgan fingerprint density at radius 1 is 1.38 bits per heavy atom. The minimum absolute atomic E-state index is 0.386. The molecule has 0 saturated heterocycles. The predicted octanol–water partition coefficient (Wildman–Crippen LogP) is 3.35. The van der Waals surface area contributed by atoms with E-state index in [-0.39, 0.29) is 0 Å². The zero-order valence-electron chi connectivity index (χ0n) is 15.1. The lowest BCUT2D eigenvalue weighted by Gasteiger charge is -2.09. The molecule has 1 aromatic carbocycles. The van der Waals surface area contributed by atoms with Crippen molar-refractivity contribution in [2.45, 2.75) is 13.8 Å². The van der Waals surface area contributed by atoms with Crippen molar-refractivity contribution in [1.29, 1.82) is 0 Å². The quantitative estimate of drug-likeness (QED) is 0.594. The summed E-state index contributed by atoms with van der Waals surface area (Å²) in [5, 5.41) is 4.14. The summed E-state index contributed by atoms with van der Waals surface area (Å²) >= 11 is 0. The summed E-state index contributed by atoms with van der Waals surface area (Å²) < 4.78 is 5.41. The van der Waals surface area contributed by atoms with Gasteiger partial charge in [-0.25, -0.2) is 0 Å². The molecule has 26 heavy (non-hydrogen) atoms. The van der Waals surface area contributed by atoms with E-state index >= 15 is 0 Å². The van der Waals surface area contributed by atoms with E-state index in [9.17, 15) is 4.79 Å². The van der Waals surface area contributed by atoms with Crippen LogP contribution < -0.4 is 15.8 Å². The Kier molecular flexibility index (Phi) is 4.67. The monoisotopic (exact) mass is 350 g/mol. The van der Waals surface area contributed by atoms with Crippen molar-refractivity contribution < 1.29 is 9.53 Å². The van der Waals surface area contributed by atoms with Crippen molar-refractivity contribution >= 4 is 33.5 Å². The van der Waals surface area contributed by atoms with Crippen molar-refractivity contribution in [2.24, 2.45) is 5.73 Å². The summed E-state index contributed by atoms with van der Waals surface area (Å²) in [4.78, 5) is 19.5. The van der Waals surface area contributed by atoms with Crippen molar-refractivity contribution in [3.63, 3.8) is 0 Å². The molecule has 3 rings (SSSR count). The number of nitrogens with one attached hydrogen (secondary N) is 2. The molecule has 0 radical (unpaired) electrons. The molecule has 1 amide bonds. The first-order valence-corrected chi connectivity index (χ1v) is 8.35. The van der Waals surface area contributed by atoms with E-state index in [0.717, 1.165) is 45.3 Å². The highest BCUT2D eigenvalue weighted by Crippen LogP contribution is 2.33. The van der Waals surface area contributed by atoms with Gasteiger partial charge in [0.15, 0.2) is 0 Å². The third-order valence-corrected chi connectivity index (χ3v) is 4.08. The molecule has 3 aromatic rings. The minimum atomic E-state index is -0.505. The third-order valence-electron chi connectivity index (χ3n) is 4.08. The molecule has 6 heteroatoms. The number of carbonyl (C=O) groups is 1. The van der Waals surface area contributed by atoms with Crippen molar-refractivity contribution in [3.8, 4) is 5.75 Å². The Morgan fingerprint density at radius 3 is 2.77 bits per heavy atom. The number of benzene rings is 1. The number of allylic oxidation sites excluding steroid dienone is 2. The summed E-state index contributed by atoms with van der Waals surface area (Å²) in [6.45, 7) is 8.72. The van der Waals surface area contributed by atoms with Gasteiger partial charge < -0.3 is 20.8 Å². The van der Waals surface area contributed by atoms with Crippen LogP contribution in [0, 0.1) is 0 Å². The van der Waals surface area contributed by atoms with Gasteiger partial charge in [-0.15, -0.1) is 0 Å². The Bertz CT molecular complexity index is 1050. The van der Waals surface area contributed by atoms with E-state index < -0.39 is 5.91 Å². The number of hydrogen-bond acceptors (Lipinski definition) is 4. The van der Waals surface area contributed by atoms with Gasteiger partial charge in [0.1, 0.15) is 5.75 Å². The molecule has 2 aromatic heterocycles. The molecule has 0 aliphatic heterocycles. The number of aromatic nitrogens is 2. The average molecular weight is 350 g/mol. The van der Waals surface area contributed by atoms with Crippen LogP contribution in [-0.4, -0.2) is 29.5 Å². The number of amides is 1. The number of nitrogens with zero attached hydrogens (tertiary/aromatic N) is 1. The molecule has 4 N–H and O–H groups in total. The van der Waals surface area contributed by atoms with Gasteiger partial charge in [0.25, 0.3) is 0 Å². The first-order valence-electron chi connectivity index (χ1n) is 8.35. The second-order valence-corrected chi connectivity index (χ2v) is 6.15. The fourth-order valence-electron chi connectivity index (χ4n) is 2.96. The molecular formula is C20H22N4O2. The standard InChI is InChI=1S/C20H22N4O2/c1-5-22-15(6-11(2)3)13-8-16-18(23-10-13)14-7-12(20(21)25)9-17(26-4)19(14)24-16/h6-10,22,24H,2,5H2,1,3-4H3,(H2,21,25)/b15-6-. The first-order chi connectivity index (χ1) is 12.4. The van der Waals surface area contributed by atoms with Gasteiger partial charge >= 0.3 is 0 Å². The van der Waals surface area contributed by atoms with E-state index in [1.807, 2.05) is 26.0 Å². The summed E-state index contributed by atoms with van der Waals surface area (Å²) in [5.74, 6) is 0.0511. The maximum absolute atomic E-state index is 11.6. The predicted molar refractivity (Wildman–Crippen MR) is 105 cm³/mol. The summed E-state index contributed by atoms with van der Waals surface area (Å²) in [5.41, 5.74) is 11.1. The number of methoxy groups -OCH3 is 1. The van der Waals surface area contributed by atoms with Gasteiger partial charge in [-0.05, 0) is 38.1 Å². The number of aromatic amines is 1. The molecule has 0 aliphatic carbocycles. The van der Waals surface area contributed by atoms with Crippen LogP contribution in [-0.2, 0) is 0 Å². The number of carbonyl (C=O) groups excluding carboxylic acids is 1. The maximum Gasteiger partial charge on any atom is 0.248 e. The van der Waals surface area contributed by atoms with E-state index in [0.29, 0.717) is 11.3 Å². The van der Waals surface area contributed by atoms with Gasteiger partial charge in [0.2, 0.25) is 5.91 Å². The van der Waals surface area contributed by atoms with Crippen molar-refractivity contribution in [1.82, 2.24) is 15.3 Å². The van der Waals surface area contributed by atoms with Crippen LogP contribution in [0.25, 0.3) is 27.6 Å². The van der Waals surface area contributed by atoms with Crippen LogP contribution >= 0.6 is 0 Å². The number of primary amides is 1. The van der Waals surface area contributed by atoms with Crippen LogP contribution in [0.3, 0.4) is 0 Å². The van der Waals surface area contributed by atoms with E-state index in [1.165, 1.54) is 0 Å². The number of ether oxygens (including phenoxy) is 1. The Hall–Kier alpha value is -3.28. The van der Waals surface area contributed by atoms with Crippen LogP contribution in [0.2, 0.25) is 0 Å². The average Bonchev–Trinajstić information content (AvgIpc) is 2.97. The number of H-pyrrole nitrogens is 1. The molecule has 2 heterocycles. The van der Waals surface area contributed by atoms with Gasteiger partial charge in [-0.2, -0.15) is 0 Å². The van der Waals surface area contributed by atoms with Crippen LogP contribution in [0.1, 0.15) is 29.8 Å². The molecule has 0 unspecified atom stereocenters.